The molecule has 1 atom stereocenters. The molecule has 9 heteroatoms. The van der Waals surface area contributed by atoms with Crippen LogP contribution >= 0.6 is 0 Å². The summed E-state index contributed by atoms with van der Waals surface area (Å²) in [6, 6.07) is 9.20. The van der Waals surface area contributed by atoms with Gasteiger partial charge in [-0.25, -0.2) is 9.78 Å². The van der Waals surface area contributed by atoms with Gasteiger partial charge < -0.3 is 14.6 Å². The number of hydrogen-bond donors (Lipinski definition) is 1. The number of aromatic nitrogens is 2. The van der Waals surface area contributed by atoms with E-state index < -0.39 is 29.5 Å². The van der Waals surface area contributed by atoms with Gasteiger partial charge in [0.05, 0.1) is 23.2 Å². The van der Waals surface area contributed by atoms with Gasteiger partial charge in [-0.05, 0) is 74.7 Å². The number of aryl methyl sites for hydroxylation is 1. The van der Waals surface area contributed by atoms with Gasteiger partial charge in [0.25, 0.3) is 0 Å². The highest BCUT2D eigenvalue weighted by molar-refractivity contribution is 6.08. The Bertz CT molecular complexity index is 1550. The second-order valence-corrected chi connectivity index (χ2v) is 10.1. The average molecular weight is 511 g/mol. The van der Waals surface area contributed by atoms with Gasteiger partial charge in [-0.2, -0.15) is 13.2 Å². The van der Waals surface area contributed by atoms with Gasteiger partial charge in [0.2, 0.25) is 0 Å². The maximum atomic E-state index is 13.5. The van der Waals surface area contributed by atoms with Crippen molar-refractivity contribution in [1.29, 1.82) is 0 Å². The van der Waals surface area contributed by atoms with Gasteiger partial charge >= 0.3 is 12.1 Å². The van der Waals surface area contributed by atoms with Crippen LogP contribution in [0.4, 0.5) is 13.2 Å². The molecular formula is C28H25F3N2O4. The number of ether oxygens (including phenoxy) is 2. The first-order valence-electron chi connectivity index (χ1n) is 11.8. The second kappa shape index (κ2) is 8.69. The quantitative estimate of drug-likeness (QED) is 0.331. The molecule has 0 fully saturated rings. The Morgan fingerprint density at radius 2 is 1.89 bits per heavy atom. The minimum Gasteiger partial charge on any atom is -0.493 e. The van der Waals surface area contributed by atoms with E-state index in [2.05, 4.69) is 9.97 Å². The number of nitrogens with zero attached hydrogens (tertiary/aromatic N) is 2. The number of fused-ring (bicyclic) bond motifs is 1. The molecule has 3 heterocycles. The van der Waals surface area contributed by atoms with E-state index in [1.807, 2.05) is 6.07 Å². The van der Waals surface area contributed by atoms with Crippen LogP contribution in [0.1, 0.15) is 49.3 Å². The van der Waals surface area contributed by atoms with Crippen LogP contribution in [0.2, 0.25) is 0 Å². The summed E-state index contributed by atoms with van der Waals surface area (Å²) in [5.41, 5.74) is 1.65. The van der Waals surface area contributed by atoms with Crippen molar-refractivity contribution in [1.82, 2.24) is 9.97 Å². The van der Waals surface area contributed by atoms with E-state index in [4.69, 9.17) is 9.47 Å². The molecule has 0 unspecified atom stereocenters. The molecule has 0 saturated heterocycles. The molecule has 1 N–H and O–H groups in total. The Kier molecular flexibility index (Phi) is 5.86. The van der Waals surface area contributed by atoms with E-state index in [9.17, 15) is 23.1 Å². The Morgan fingerprint density at radius 1 is 1.14 bits per heavy atom. The second-order valence-electron chi connectivity index (χ2n) is 10.1. The monoisotopic (exact) mass is 510 g/mol. The summed E-state index contributed by atoms with van der Waals surface area (Å²) < 4.78 is 52.3. The van der Waals surface area contributed by atoms with Crippen LogP contribution in [-0.4, -0.2) is 33.3 Å². The zero-order valence-corrected chi connectivity index (χ0v) is 20.7. The van der Waals surface area contributed by atoms with Crippen LogP contribution in [-0.2, 0) is 22.1 Å². The lowest BCUT2D eigenvalue weighted by atomic mass is 9.86. The van der Waals surface area contributed by atoms with Crippen molar-refractivity contribution in [3.8, 4) is 16.9 Å². The highest BCUT2D eigenvalue weighted by Crippen LogP contribution is 2.45. The van der Waals surface area contributed by atoms with Crippen LogP contribution in [0.5, 0.6) is 5.75 Å². The first-order valence-corrected chi connectivity index (χ1v) is 11.8. The fourth-order valence-corrected chi connectivity index (χ4v) is 4.90. The Labute approximate surface area is 211 Å². The lowest BCUT2D eigenvalue weighted by Gasteiger charge is -2.29. The normalized spacial score (nSPS) is 14.6. The number of benzene rings is 2. The molecule has 0 aliphatic carbocycles. The largest absolute Gasteiger partial charge is 0.493 e. The van der Waals surface area contributed by atoms with Crippen molar-refractivity contribution in [2.75, 3.05) is 6.61 Å². The highest BCUT2D eigenvalue weighted by Gasteiger charge is 2.35. The first-order chi connectivity index (χ1) is 17.3. The smallest absolute Gasteiger partial charge is 0.433 e. The molecule has 192 valence electrons. The number of aliphatic carboxylic acids is 1. The molecule has 6 nitrogen and oxygen atoms in total. The predicted octanol–water partition coefficient (Wildman–Crippen LogP) is 6.65. The average Bonchev–Trinajstić information content (AvgIpc) is 2.81. The van der Waals surface area contributed by atoms with Gasteiger partial charge in [0, 0.05) is 34.5 Å². The Balaban J connectivity index is 1.91. The summed E-state index contributed by atoms with van der Waals surface area (Å²) in [7, 11) is 0. The first kappa shape index (κ1) is 25.0. The number of carbonyl (C=O) groups is 1. The topological polar surface area (TPSA) is 81.5 Å². The van der Waals surface area contributed by atoms with E-state index in [-0.39, 0.29) is 5.52 Å². The van der Waals surface area contributed by atoms with Crippen LogP contribution in [0.25, 0.3) is 32.9 Å². The molecule has 5 rings (SSSR count). The van der Waals surface area contributed by atoms with Gasteiger partial charge in [0.1, 0.15) is 11.4 Å². The molecule has 0 bridgehead atoms. The number of hydrogen-bond acceptors (Lipinski definition) is 5. The van der Waals surface area contributed by atoms with E-state index in [1.54, 1.807) is 46.0 Å². The third-order valence-electron chi connectivity index (χ3n) is 6.33. The van der Waals surface area contributed by atoms with Crippen LogP contribution < -0.4 is 4.74 Å². The van der Waals surface area contributed by atoms with Gasteiger partial charge in [-0.15, -0.1) is 0 Å². The molecule has 0 amide bonds. The summed E-state index contributed by atoms with van der Waals surface area (Å²) in [6.07, 6.45) is -3.66. The van der Waals surface area contributed by atoms with E-state index in [0.717, 1.165) is 17.0 Å². The Morgan fingerprint density at radius 3 is 2.57 bits per heavy atom. The number of alkyl halides is 3. The van der Waals surface area contributed by atoms with Gasteiger partial charge in [-0.1, -0.05) is 6.07 Å². The number of carboxylic acids is 1. The summed E-state index contributed by atoms with van der Waals surface area (Å²) in [4.78, 5) is 21.0. The van der Waals surface area contributed by atoms with Crippen LogP contribution in [0.3, 0.4) is 0 Å². The Hall–Kier alpha value is -3.72. The molecule has 0 saturated carbocycles. The van der Waals surface area contributed by atoms with Crippen molar-refractivity contribution in [3.63, 3.8) is 0 Å². The molecule has 0 spiro atoms. The molecule has 0 radical (unpaired) electrons. The van der Waals surface area contributed by atoms with Crippen molar-refractivity contribution < 1.29 is 32.5 Å². The van der Waals surface area contributed by atoms with Crippen molar-refractivity contribution in [2.24, 2.45) is 0 Å². The molecule has 1 aliphatic heterocycles. The van der Waals surface area contributed by atoms with Gasteiger partial charge in [0.15, 0.2) is 6.10 Å². The maximum Gasteiger partial charge on any atom is 0.433 e. The van der Waals surface area contributed by atoms with Crippen molar-refractivity contribution >= 4 is 27.8 Å². The predicted molar refractivity (Wildman–Crippen MR) is 133 cm³/mol. The van der Waals surface area contributed by atoms with E-state index in [1.165, 1.54) is 12.1 Å². The third kappa shape index (κ3) is 4.48. The number of rotatable bonds is 4. The zero-order valence-electron chi connectivity index (χ0n) is 20.7. The fourth-order valence-electron chi connectivity index (χ4n) is 4.90. The lowest BCUT2D eigenvalue weighted by molar-refractivity contribution is -0.160. The standard InChI is InChI=1S/C28H25F3N2O4/c1-14-13-18-16(6-8-20(33-18)28(29,30)31)23(21(14)25(26(34)35)37-27(2,3)4)17-5-7-19-22-15(10-12-36-19)9-11-32-24(17)22/h5-9,11,13,25H,10,12H2,1-4H3,(H,34,35)/t25-/m0/s1. The minimum atomic E-state index is -4.63. The zero-order chi connectivity index (χ0) is 26.7. The SMILES string of the molecule is Cc1cc2nc(C(F)(F)F)ccc2c(-c2ccc3c4c(ccnc24)CCO3)c1[C@H](OC(C)(C)C)C(=O)O. The minimum absolute atomic E-state index is 0.0997. The van der Waals surface area contributed by atoms with E-state index in [0.29, 0.717) is 51.9 Å². The number of carboxylic acid groups (broad SMARTS) is 1. The number of halogens is 3. The van der Waals surface area contributed by atoms with Crippen molar-refractivity contribution in [2.45, 2.75) is 52.0 Å². The molecule has 37 heavy (non-hydrogen) atoms. The third-order valence-corrected chi connectivity index (χ3v) is 6.33. The summed E-state index contributed by atoms with van der Waals surface area (Å²) in [6.45, 7) is 7.42. The molecule has 1 aliphatic rings. The van der Waals surface area contributed by atoms with E-state index >= 15 is 0 Å². The van der Waals surface area contributed by atoms with Crippen LogP contribution in [0, 0.1) is 6.92 Å². The van der Waals surface area contributed by atoms with Crippen LogP contribution in [0.15, 0.2) is 42.6 Å². The molecule has 2 aromatic carbocycles. The fraction of sp³-hybridized carbons (Fsp3) is 0.321. The summed E-state index contributed by atoms with van der Waals surface area (Å²) >= 11 is 0. The van der Waals surface area contributed by atoms with Gasteiger partial charge in [-0.3, -0.25) is 4.98 Å². The summed E-state index contributed by atoms with van der Waals surface area (Å²) in [5.74, 6) is -0.553. The highest BCUT2D eigenvalue weighted by atomic mass is 19.4. The maximum absolute atomic E-state index is 13.5. The molecule has 4 aromatic rings. The molecular weight excluding hydrogens is 485 g/mol. The number of pyridine rings is 2. The van der Waals surface area contributed by atoms with Crippen molar-refractivity contribution in [3.05, 3.63) is 65.0 Å². The molecule has 2 aromatic heterocycles. The summed E-state index contributed by atoms with van der Waals surface area (Å²) in [5, 5.41) is 11.4. The lowest BCUT2D eigenvalue weighted by Crippen LogP contribution is -2.28.